The fraction of sp³-hybridized carbons (Fsp3) is 0.304. The molecule has 0 aliphatic heterocycles. The standard InChI is InChI=1S/C23H27NO5/c1-27-21-10-8-18(9-11-21)16-28-17-20(25)14-24(15-22-6-4-12-29-22)13-19-5-2-3-7-23(19)26/h2-12,20,25-26H,13-17H2,1H3/t20-/m0/s1. The van der Waals surface area contributed by atoms with Gasteiger partial charge in [0.1, 0.15) is 17.3 Å². The molecule has 2 N–H and O–H groups in total. The van der Waals surface area contributed by atoms with Crippen LogP contribution < -0.4 is 4.74 Å². The molecule has 0 saturated heterocycles. The first-order chi connectivity index (χ1) is 14.1. The summed E-state index contributed by atoms with van der Waals surface area (Å²) < 4.78 is 16.3. The fourth-order valence-corrected chi connectivity index (χ4v) is 3.08. The van der Waals surface area contributed by atoms with Gasteiger partial charge < -0.3 is 24.1 Å². The van der Waals surface area contributed by atoms with E-state index in [1.54, 1.807) is 25.5 Å². The average molecular weight is 397 g/mol. The van der Waals surface area contributed by atoms with Crippen molar-refractivity contribution in [1.29, 1.82) is 0 Å². The zero-order chi connectivity index (χ0) is 20.5. The van der Waals surface area contributed by atoms with Gasteiger partial charge in [0.05, 0.1) is 39.2 Å². The van der Waals surface area contributed by atoms with E-state index in [2.05, 4.69) is 0 Å². The molecule has 29 heavy (non-hydrogen) atoms. The number of nitrogens with zero attached hydrogens (tertiary/aromatic N) is 1. The van der Waals surface area contributed by atoms with E-state index in [1.165, 1.54) is 0 Å². The highest BCUT2D eigenvalue weighted by Crippen LogP contribution is 2.19. The van der Waals surface area contributed by atoms with Crippen molar-refractivity contribution in [3.8, 4) is 11.5 Å². The van der Waals surface area contributed by atoms with E-state index >= 15 is 0 Å². The average Bonchev–Trinajstić information content (AvgIpc) is 3.23. The number of benzene rings is 2. The Bertz CT molecular complexity index is 848. The van der Waals surface area contributed by atoms with Gasteiger partial charge >= 0.3 is 0 Å². The lowest BCUT2D eigenvalue weighted by Crippen LogP contribution is -2.34. The van der Waals surface area contributed by atoms with E-state index in [0.717, 1.165) is 22.6 Å². The zero-order valence-electron chi connectivity index (χ0n) is 16.5. The molecule has 6 nitrogen and oxygen atoms in total. The Hall–Kier alpha value is -2.80. The first kappa shape index (κ1) is 20.9. The molecule has 0 aliphatic carbocycles. The summed E-state index contributed by atoms with van der Waals surface area (Å²) in [5.41, 5.74) is 1.81. The molecule has 0 spiro atoms. The van der Waals surface area contributed by atoms with Gasteiger partial charge in [-0.05, 0) is 35.9 Å². The van der Waals surface area contributed by atoms with Crippen LogP contribution in [0, 0.1) is 0 Å². The molecule has 3 rings (SSSR count). The van der Waals surface area contributed by atoms with Crippen molar-refractivity contribution in [2.45, 2.75) is 25.8 Å². The lowest BCUT2D eigenvalue weighted by atomic mass is 10.1. The molecule has 1 atom stereocenters. The number of aliphatic hydroxyl groups excluding tert-OH is 1. The number of hydrogen-bond donors (Lipinski definition) is 2. The van der Waals surface area contributed by atoms with Gasteiger partial charge in [0.15, 0.2) is 0 Å². The van der Waals surface area contributed by atoms with E-state index in [9.17, 15) is 10.2 Å². The highest BCUT2D eigenvalue weighted by molar-refractivity contribution is 5.31. The predicted molar refractivity (Wildman–Crippen MR) is 110 cm³/mol. The lowest BCUT2D eigenvalue weighted by Gasteiger charge is -2.24. The lowest BCUT2D eigenvalue weighted by molar-refractivity contribution is 0.00602. The van der Waals surface area contributed by atoms with Crippen LogP contribution in [0.4, 0.5) is 0 Å². The van der Waals surface area contributed by atoms with Crippen LogP contribution in [0.1, 0.15) is 16.9 Å². The molecule has 0 bridgehead atoms. The highest BCUT2D eigenvalue weighted by atomic mass is 16.5. The van der Waals surface area contributed by atoms with Gasteiger partial charge in [-0.3, -0.25) is 4.90 Å². The molecular weight excluding hydrogens is 370 g/mol. The number of phenols is 1. The zero-order valence-corrected chi connectivity index (χ0v) is 16.5. The maximum atomic E-state index is 10.5. The molecule has 0 saturated carbocycles. The number of aromatic hydroxyl groups is 1. The molecule has 154 valence electrons. The van der Waals surface area contributed by atoms with Crippen LogP contribution in [-0.4, -0.2) is 41.5 Å². The van der Waals surface area contributed by atoms with Gasteiger partial charge in [-0.25, -0.2) is 0 Å². The Morgan fingerprint density at radius 3 is 2.48 bits per heavy atom. The van der Waals surface area contributed by atoms with Crippen LogP contribution in [0.15, 0.2) is 71.3 Å². The van der Waals surface area contributed by atoms with Crippen molar-refractivity contribution >= 4 is 0 Å². The van der Waals surface area contributed by atoms with Crippen molar-refractivity contribution < 1.29 is 24.1 Å². The Balaban J connectivity index is 1.53. The van der Waals surface area contributed by atoms with Gasteiger partial charge in [-0.1, -0.05) is 30.3 Å². The fourth-order valence-electron chi connectivity index (χ4n) is 3.08. The molecule has 0 radical (unpaired) electrons. The van der Waals surface area contributed by atoms with Crippen LogP contribution in [0.5, 0.6) is 11.5 Å². The second-order valence-corrected chi connectivity index (χ2v) is 6.89. The van der Waals surface area contributed by atoms with Crippen molar-refractivity contribution in [2.24, 2.45) is 0 Å². The third kappa shape index (κ3) is 6.64. The third-order valence-corrected chi connectivity index (χ3v) is 4.55. The SMILES string of the molecule is COc1ccc(COC[C@@H](O)CN(Cc2ccco2)Cc2ccccc2O)cc1. The summed E-state index contributed by atoms with van der Waals surface area (Å²) in [5.74, 6) is 1.83. The van der Waals surface area contributed by atoms with E-state index in [4.69, 9.17) is 13.9 Å². The van der Waals surface area contributed by atoms with Crippen molar-refractivity contribution in [3.05, 3.63) is 83.8 Å². The topological polar surface area (TPSA) is 75.3 Å². The monoisotopic (exact) mass is 397 g/mol. The van der Waals surface area contributed by atoms with Crippen molar-refractivity contribution in [3.63, 3.8) is 0 Å². The van der Waals surface area contributed by atoms with Crippen molar-refractivity contribution in [1.82, 2.24) is 4.90 Å². The molecule has 1 aromatic heterocycles. The Morgan fingerprint density at radius 1 is 1.00 bits per heavy atom. The summed E-state index contributed by atoms with van der Waals surface area (Å²) in [5, 5.41) is 20.6. The molecule has 1 heterocycles. The normalized spacial score (nSPS) is 12.2. The number of rotatable bonds is 11. The number of phenolic OH excluding ortho intramolecular Hbond substituents is 1. The molecule has 0 fully saturated rings. The predicted octanol–water partition coefficient (Wildman–Crippen LogP) is 3.57. The Kier molecular flexibility index (Phi) is 7.69. The van der Waals surface area contributed by atoms with Gasteiger partial charge in [-0.2, -0.15) is 0 Å². The number of para-hydroxylation sites is 1. The molecule has 0 amide bonds. The van der Waals surface area contributed by atoms with E-state index in [-0.39, 0.29) is 12.4 Å². The van der Waals surface area contributed by atoms with Crippen LogP contribution >= 0.6 is 0 Å². The minimum absolute atomic E-state index is 0.210. The summed E-state index contributed by atoms with van der Waals surface area (Å²) >= 11 is 0. The quantitative estimate of drug-likeness (QED) is 0.515. The van der Waals surface area contributed by atoms with Crippen LogP contribution in [0.25, 0.3) is 0 Å². The van der Waals surface area contributed by atoms with Gasteiger partial charge in [0, 0.05) is 18.7 Å². The maximum absolute atomic E-state index is 10.5. The molecule has 3 aromatic rings. The smallest absolute Gasteiger partial charge is 0.120 e. The van der Waals surface area contributed by atoms with Crippen LogP contribution in [0.2, 0.25) is 0 Å². The first-order valence-electron chi connectivity index (χ1n) is 9.54. The van der Waals surface area contributed by atoms with Crippen LogP contribution in [0.3, 0.4) is 0 Å². The first-order valence-corrected chi connectivity index (χ1v) is 9.54. The molecule has 6 heteroatoms. The van der Waals surface area contributed by atoms with Gasteiger partial charge in [0.25, 0.3) is 0 Å². The summed E-state index contributed by atoms with van der Waals surface area (Å²) in [6.45, 7) is 2.03. The minimum Gasteiger partial charge on any atom is -0.508 e. The van der Waals surface area contributed by atoms with E-state index in [0.29, 0.717) is 26.2 Å². The second kappa shape index (κ2) is 10.7. The molecule has 2 aromatic carbocycles. The number of furan rings is 1. The van der Waals surface area contributed by atoms with Gasteiger partial charge in [0.2, 0.25) is 0 Å². The van der Waals surface area contributed by atoms with Crippen molar-refractivity contribution in [2.75, 3.05) is 20.3 Å². The largest absolute Gasteiger partial charge is 0.508 e. The molecule has 0 aliphatic rings. The van der Waals surface area contributed by atoms with E-state index in [1.807, 2.05) is 53.4 Å². The summed E-state index contributed by atoms with van der Waals surface area (Å²) in [4.78, 5) is 2.02. The third-order valence-electron chi connectivity index (χ3n) is 4.55. The minimum atomic E-state index is -0.672. The van der Waals surface area contributed by atoms with Crippen LogP contribution in [-0.2, 0) is 24.4 Å². The molecular formula is C23H27NO5. The molecule has 0 unspecified atom stereocenters. The number of ether oxygens (including phenoxy) is 2. The summed E-state index contributed by atoms with van der Waals surface area (Å²) in [6, 6.07) is 18.6. The van der Waals surface area contributed by atoms with Gasteiger partial charge in [-0.15, -0.1) is 0 Å². The number of hydrogen-bond acceptors (Lipinski definition) is 6. The van der Waals surface area contributed by atoms with E-state index < -0.39 is 6.10 Å². The summed E-state index contributed by atoms with van der Waals surface area (Å²) in [7, 11) is 1.63. The summed E-state index contributed by atoms with van der Waals surface area (Å²) in [6.07, 6.45) is 0.955. The second-order valence-electron chi connectivity index (χ2n) is 6.89. The Labute approximate surface area is 170 Å². The number of methoxy groups -OCH3 is 1. The Morgan fingerprint density at radius 2 is 1.79 bits per heavy atom. The number of aliphatic hydroxyl groups is 1. The highest BCUT2D eigenvalue weighted by Gasteiger charge is 2.16. The maximum Gasteiger partial charge on any atom is 0.120 e.